The largest absolute Gasteiger partial charge is 0.495 e. The lowest BCUT2D eigenvalue weighted by Gasteiger charge is -2.26. The van der Waals surface area contributed by atoms with Gasteiger partial charge in [0.15, 0.2) is 0 Å². The first kappa shape index (κ1) is 16.0. The predicted molar refractivity (Wildman–Crippen MR) is 76.7 cm³/mol. The summed E-state index contributed by atoms with van der Waals surface area (Å²) >= 11 is 0. The summed E-state index contributed by atoms with van der Waals surface area (Å²) < 4.78 is 10.6. The number of nitrogens with one attached hydrogen (secondary N) is 1. The van der Waals surface area contributed by atoms with Crippen molar-refractivity contribution in [2.24, 2.45) is 0 Å². The lowest BCUT2D eigenvalue weighted by Crippen LogP contribution is -2.42. The maximum Gasteiger partial charge on any atom is 0.256 e. The van der Waals surface area contributed by atoms with Gasteiger partial charge in [-0.05, 0) is 38.5 Å². The van der Waals surface area contributed by atoms with Gasteiger partial charge in [0.2, 0.25) is 0 Å². The van der Waals surface area contributed by atoms with Gasteiger partial charge in [0, 0.05) is 12.3 Å². The van der Waals surface area contributed by atoms with Crippen molar-refractivity contribution in [3.8, 4) is 11.8 Å². The third-order valence-electron chi connectivity index (χ3n) is 3.20. The molecule has 5 heteroatoms. The number of benzene rings is 1. The number of anilines is 1. The molecule has 108 valence electrons. The zero-order valence-electron chi connectivity index (χ0n) is 12.3. The molecular weight excluding hydrogens is 256 g/mol. The van der Waals surface area contributed by atoms with E-state index in [1.54, 1.807) is 25.1 Å². The Morgan fingerprint density at radius 3 is 2.65 bits per heavy atom. The van der Waals surface area contributed by atoms with Gasteiger partial charge in [0.1, 0.15) is 17.4 Å². The number of carbonyl (C=O) groups excluding carboxylic acids is 1. The van der Waals surface area contributed by atoms with Crippen LogP contribution in [0.3, 0.4) is 0 Å². The van der Waals surface area contributed by atoms with E-state index < -0.39 is 5.60 Å². The number of hydrogen-bond donors (Lipinski definition) is 1. The van der Waals surface area contributed by atoms with Crippen LogP contribution in [0.15, 0.2) is 18.2 Å². The molecule has 0 aliphatic heterocycles. The summed E-state index contributed by atoms with van der Waals surface area (Å²) in [5.74, 6) is 0.254. The van der Waals surface area contributed by atoms with Crippen LogP contribution >= 0.6 is 0 Å². The van der Waals surface area contributed by atoms with Crippen molar-refractivity contribution in [2.45, 2.75) is 32.8 Å². The number of rotatable bonds is 6. The molecule has 1 aromatic rings. The Morgan fingerprint density at radius 1 is 1.45 bits per heavy atom. The lowest BCUT2D eigenvalue weighted by atomic mass is 10.0. The second-order valence-electron chi connectivity index (χ2n) is 4.50. The number of hydrogen-bond acceptors (Lipinski definition) is 4. The van der Waals surface area contributed by atoms with Crippen LogP contribution in [-0.2, 0) is 9.53 Å². The first-order valence-electron chi connectivity index (χ1n) is 6.54. The van der Waals surface area contributed by atoms with Crippen LogP contribution in [0, 0.1) is 11.3 Å². The van der Waals surface area contributed by atoms with Gasteiger partial charge in [-0.25, -0.2) is 0 Å². The summed E-state index contributed by atoms with van der Waals surface area (Å²) in [6, 6.07) is 6.96. The van der Waals surface area contributed by atoms with Gasteiger partial charge in [-0.3, -0.25) is 4.79 Å². The summed E-state index contributed by atoms with van der Waals surface area (Å²) in [5, 5.41) is 11.8. The highest BCUT2D eigenvalue weighted by Crippen LogP contribution is 2.23. The lowest BCUT2D eigenvalue weighted by molar-refractivity contribution is -0.139. The summed E-state index contributed by atoms with van der Waals surface area (Å²) in [6.45, 7) is 5.96. The minimum absolute atomic E-state index is 0.226. The van der Waals surface area contributed by atoms with Gasteiger partial charge in [-0.2, -0.15) is 5.26 Å². The number of amides is 1. The van der Waals surface area contributed by atoms with Crippen molar-refractivity contribution in [2.75, 3.05) is 19.0 Å². The molecule has 0 aliphatic carbocycles. The second-order valence-corrected chi connectivity index (χ2v) is 4.50. The quantitative estimate of drug-likeness (QED) is 0.867. The van der Waals surface area contributed by atoms with E-state index in [4.69, 9.17) is 14.7 Å². The van der Waals surface area contributed by atoms with Gasteiger partial charge in [-0.1, -0.05) is 6.92 Å². The Balaban J connectivity index is 2.94. The van der Waals surface area contributed by atoms with Gasteiger partial charge in [-0.15, -0.1) is 0 Å². The van der Waals surface area contributed by atoms with Gasteiger partial charge >= 0.3 is 0 Å². The van der Waals surface area contributed by atoms with E-state index >= 15 is 0 Å². The molecule has 1 rings (SSSR count). The third-order valence-corrected chi connectivity index (χ3v) is 3.20. The third kappa shape index (κ3) is 3.49. The molecule has 0 heterocycles. The number of carbonyl (C=O) groups is 1. The van der Waals surface area contributed by atoms with Crippen molar-refractivity contribution < 1.29 is 14.3 Å². The smallest absolute Gasteiger partial charge is 0.256 e. The van der Waals surface area contributed by atoms with Crippen LogP contribution in [0.1, 0.15) is 32.8 Å². The molecule has 0 aliphatic rings. The average molecular weight is 276 g/mol. The van der Waals surface area contributed by atoms with Gasteiger partial charge in [0.25, 0.3) is 5.91 Å². The molecule has 20 heavy (non-hydrogen) atoms. The second kappa shape index (κ2) is 6.92. The van der Waals surface area contributed by atoms with Gasteiger partial charge < -0.3 is 14.8 Å². The SMILES string of the molecule is CCO[C@@](C)(CC)C(=O)Nc1ccc(OC)c(C#N)c1. The summed E-state index contributed by atoms with van der Waals surface area (Å²) in [6.07, 6.45) is 0.563. The van der Waals surface area contributed by atoms with Crippen molar-refractivity contribution in [1.82, 2.24) is 0 Å². The molecular formula is C15H20N2O3. The maximum absolute atomic E-state index is 12.3. The Kier molecular flexibility index (Phi) is 5.53. The summed E-state index contributed by atoms with van der Waals surface area (Å²) in [5.41, 5.74) is 0.0493. The molecule has 1 atom stereocenters. The molecule has 1 aromatic carbocycles. The molecule has 0 unspecified atom stereocenters. The standard InChI is InChI=1S/C15H20N2O3/c1-5-15(3,20-6-2)14(18)17-12-7-8-13(19-4)11(9-12)10-16/h7-9H,5-6H2,1-4H3,(H,17,18)/t15-/m0/s1. The zero-order valence-corrected chi connectivity index (χ0v) is 12.3. The normalized spacial score (nSPS) is 13.2. The van der Waals surface area contributed by atoms with Crippen molar-refractivity contribution >= 4 is 11.6 Å². The van der Waals surface area contributed by atoms with E-state index in [0.717, 1.165) is 0 Å². The number of nitrogens with zero attached hydrogens (tertiary/aromatic N) is 1. The van der Waals surface area contributed by atoms with Crippen LogP contribution in [0.2, 0.25) is 0 Å². The number of ether oxygens (including phenoxy) is 2. The molecule has 0 saturated heterocycles. The first-order chi connectivity index (χ1) is 9.50. The molecule has 0 aromatic heterocycles. The van der Waals surface area contributed by atoms with E-state index in [-0.39, 0.29) is 5.91 Å². The van der Waals surface area contributed by atoms with E-state index in [1.165, 1.54) is 7.11 Å². The molecule has 1 amide bonds. The Bertz CT molecular complexity index is 522. The Hall–Kier alpha value is -2.06. The summed E-state index contributed by atoms with van der Waals surface area (Å²) in [7, 11) is 1.50. The molecule has 0 bridgehead atoms. The Labute approximate surface area is 119 Å². The topological polar surface area (TPSA) is 71.3 Å². The maximum atomic E-state index is 12.3. The van der Waals surface area contributed by atoms with E-state index in [9.17, 15) is 4.79 Å². The van der Waals surface area contributed by atoms with Crippen LogP contribution in [0.5, 0.6) is 5.75 Å². The van der Waals surface area contributed by atoms with Crippen LogP contribution in [0.4, 0.5) is 5.69 Å². The van der Waals surface area contributed by atoms with Crippen molar-refractivity contribution in [3.05, 3.63) is 23.8 Å². The van der Waals surface area contributed by atoms with Crippen LogP contribution in [-0.4, -0.2) is 25.2 Å². The number of nitriles is 1. The molecule has 0 saturated carbocycles. The van der Waals surface area contributed by atoms with E-state index in [1.807, 2.05) is 19.9 Å². The number of methoxy groups -OCH3 is 1. The van der Waals surface area contributed by atoms with Crippen molar-refractivity contribution in [1.29, 1.82) is 5.26 Å². The Morgan fingerprint density at radius 2 is 2.15 bits per heavy atom. The fourth-order valence-corrected chi connectivity index (χ4v) is 1.78. The highest BCUT2D eigenvalue weighted by Gasteiger charge is 2.31. The highest BCUT2D eigenvalue weighted by molar-refractivity contribution is 5.97. The zero-order chi connectivity index (χ0) is 15.2. The molecule has 5 nitrogen and oxygen atoms in total. The highest BCUT2D eigenvalue weighted by atomic mass is 16.5. The molecule has 0 radical (unpaired) electrons. The molecule has 0 spiro atoms. The fourth-order valence-electron chi connectivity index (χ4n) is 1.78. The average Bonchev–Trinajstić information content (AvgIpc) is 2.47. The van der Waals surface area contributed by atoms with Crippen molar-refractivity contribution in [3.63, 3.8) is 0 Å². The minimum Gasteiger partial charge on any atom is -0.495 e. The predicted octanol–water partition coefficient (Wildman–Crippen LogP) is 2.71. The van der Waals surface area contributed by atoms with Crippen LogP contribution in [0.25, 0.3) is 0 Å². The fraction of sp³-hybridized carbons (Fsp3) is 0.467. The molecule has 0 fully saturated rings. The minimum atomic E-state index is -0.874. The monoisotopic (exact) mass is 276 g/mol. The summed E-state index contributed by atoms with van der Waals surface area (Å²) in [4.78, 5) is 12.3. The molecule has 1 N–H and O–H groups in total. The van der Waals surface area contributed by atoms with Gasteiger partial charge in [0.05, 0.1) is 12.7 Å². The van der Waals surface area contributed by atoms with E-state index in [0.29, 0.717) is 30.0 Å². The van der Waals surface area contributed by atoms with E-state index in [2.05, 4.69) is 5.32 Å². The van der Waals surface area contributed by atoms with Crippen LogP contribution < -0.4 is 10.1 Å². The first-order valence-corrected chi connectivity index (χ1v) is 6.54.